The minimum atomic E-state index is -0.796. The van der Waals surface area contributed by atoms with Gasteiger partial charge in [0.05, 0.1) is 6.20 Å². The molecule has 1 saturated carbocycles. The van der Waals surface area contributed by atoms with Crippen LogP contribution in [0.5, 0.6) is 0 Å². The molecule has 3 rings (SSSR count). The van der Waals surface area contributed by atoms with Gasteiger partial charge in [0, 0.05) is 24.7 Å². The Morgan fingerprint density at radius 3 is 2.86 bits per heavy atom. The van der Waals surface area contributed by atoms with E-state index in [1.165, 1.54) is 4.52 Å². The Labute approximate surface area is 127 Å². The van der Waals surface area contributed by atoms with Crippen LogP contribution in [-0.2, 0) is 4.79 Å². The van der Waals surface area contributed by atoms with E-state index in [-0.39, 0.29) is 29.7 Å². The van der Waals surface area contributed by atoms with Crippen molar-refractivity contribution in [2.45, 2.75) is 32.7 Å². The minimum Gasteiger partial charge on any atom is -0.481 e. The van der Waals surface area contributed by atoms with Crippen molar-refractivity contribution in [2.75, 3.05) is 0 Å². The number of aromatic nitrogens is 3. The molecule has 0 aromatic carbocycles. The Hall–Kier alpha value is -2.44. The lowest BCUT2D eigenvalue weighted by molar-refractivity contribution is -0.141. The van der Waals surface area contributed by atoms with Crippen LogP contribution in [0.1, 0.15) is 37.2 Å². The lowest BCUT2D eigenvalue weighted by Crippen LogP contribution is -2.58. The molecule has 7 heteroatoms. The topological polar surface area (TPSA) is 96.6 Å². The highest BCUT2D eigenvalue weighted by Crippen LogP contribution is 2.48. The molecule has 2 atom stereocenters. The molecule has 1 aliphatic rings. The number of carboxylic acid groups (broad SMARTS) is 1. The van der Waals surface area contributed by atoms with Gasteiger partial charge in [-0.15, -0.1) is 0 Å². The lowest BCUT2D eigenvalue weighted by atomic mass is 9.57. The number of nitrogens with zero attached hydrogens (tertiary/aromatic N) is 3. The first-order valence-corrected chi connectivity index (χ1v) is 7.21. The smallest absolute Gasteiger partial charge is 0.303 e. The summed E-state index contributed by atoms with van der Waals surface area (Å²) in [6.45, 7) is 3.98. The van der Waals surface area contributed by atoms with Crippen LogP contribution < -0.4 is 5.32 Å². The maximum absolute atomic E-state index is 12.5. The lowest BCUT2D eigenvalue weighted by Gasteiger charge is -2.52. The SMILES string of the molecule is CC1(C)[C@@H](CC(=O)O)C[C@H]1NC(=O)c1ccnc2ccnn12. The molecule has 0 bridgehead atoms. The fourth-order valence-electron chi connectivity index (χ4n) is 3.06. The number of carbonyl (C=O) groups excluding carboxylic acids is 1. The van der Waals surface area contributed by atoms with Gasteiger partial charge in [-0.05, 0) is 23.8 Å². The number of hydrogen-bond acceptors (Lipinski definition) is 4. The summed E-state index contributed by atoms with van der Waals surface area (Å²) in [4.78, 5) is 27.4. The molecule has 2 heterocycles. The van der Waals surface area contributed by atoms with Gasteiger partial charge in [-0.25, -0.2) is 9.50 Å². The third-order valence-corrected chi connectivity index (χ3v) is 4.72. The van der Waals surface area contributed by atoms with Crippen molar-refractivity contribution in [2.24, 2.45) is 11.3 Å². The van der Waals surface area contributed by atoms with Crippen LogP contribution in [0.15, 0.2) is 24.5 Å². The van der Waals surface area contributed by atoms with Crippen LogP contribution in [0.2, 0.25) is 0 Å². The zero-order valence-electron chi connectivity index (χ0n) is 12.5. The maximum atomic E-state index is 12.5. The third kappa shape index (κ3) is 2.32. The normalized spacial score (nSPS) is 23.0. The molecule has 1 fully saturated rings. The Kier molecular flexibility index (Phi) is 3.35. The summed E-state index contributed by atoms with van der Waals surface area (Å²) >= 11 is 0. The first-order chi connectivity index (χ1) is 10.4. The van der Waals surface area contributed by atoms with Crippen molar-refractivity contribution < 1.29 is 14.7 Å². The number of carboxylic acids is 1. The second-order valence-electron chi connectivity index (χ2n) is 6.31. The van der Waals surface area contributed by atoms with Gasteiger partial charge in [0.1, 0.15) is 5.69 Å². The van der Waals surface area contributed by atoms with Gasteiger partial charge < -0.3 is 10.4 Å². The largest absolute Gasteiger partial charge is 0.481 e. The van der Waals surface area contributed by atoms with E-state index < -0.39 is 5.97 Å². The zero-order chi connectivity index (χ0) is 15.9. The Morgan fingerprint density at radius 1 is 1.41 bits per heavy atom. The van der Waals surface area contributed by atoms with Gasteiger partial charge in [0.2, 0.25) is 0 Å². The van der Waals surface area contributed by atoms with Crippen LogP contribution in [-0.4, -0.2) is 37.6 Å². The first-order valence-electron chi connectivity index (χ1n) is 7.21. The molecule has 2 aromatic heterocycles. The van der Waals surface area contributed by atoms with E-state index in [0.29, 0.717) is 17.8 Å². The number of aliphatic carboxylic acids is 1. The van der Waals surface area contributed by atoms with Crippen molar-refractivity contribution in [1.29, 1.82) is 0 Å². The average molecular weight is 302 g/mol. The molecule has 0 saturated heterocycles. The van der Waals surface area contributed by atoms with Gasteiger partial charge in [0.15, 0.2) is 5.65 Å². The summed E-state index contributed by atoms with van der Waals surface area (Å²) in [5.74, 6) is -0.935. The van der Waals surface area contributed by atoms with Crippen LogP contribution in [0, 0.1) is 11.3 Å². The molecule has 2 aromatic rings. The summed E-state index contributed by atoms with van der Waals surface area (Å²) < 4.78 is 1.50. The molecule has 2 N–H and O–H groups in total. The van der Waals surface area contributed by atoms with Crippen molar-refractivity contribution in [3.63, 3.8) is 0 Å². The monoisotopic (exact) mass is 302 g/mol. The molecular formula is C15H18N4O3. The van der Waals surface area contributed by atoms with Gasteiger partial charge in [0.25, 0.3) is 5.91 Å². The van der Waals surface area contributed by atoms with Crippen LogP contribution >= 0.6 is 0 Å². The highest BCUT2D eigenvalue weighted by Gasteiger charge is 2.49. The fourth-order valence-corrected chi connectivity index (χ4v) is 3.06. The van der Waals surface area contributed by atoms with Crippen LogP contribution in [0.3, 0.4) is 0 Å². The van der Waals surface area contributed by atoms with E-state index in [2.05, 4.69) is 15.4 Å². The van der Waals surface area contributed by atoms with Crippen molar-refractivity contribution >= 4 is 17.5 Å². The Bertz CT molecular complexity index is 737. The maximum Gasteiger partial charge on any atom is 0.303 e. The quantitative estimate of drug-likeness (QED) is 0.888. The van der Waals surface area contributed by atoms with Gasteiger partial charge >= 0.3 is 5.97 Å². The van der Waals surface area contributed by atoms with Gasteiger partial charge in [-0.3, -0.25) is 9.59 Å². The molecule has 0 aliphatic heterocycles. The van der Waals surface area contributed by atoms with E-state index in [4.69, 9.17) is 5.11 Å². The molecule has 7 nitrogen and oxygen atoms in total. The number of hydrogen-bond donors (Lipinski definition) is 2. The number of fused-ring (bicyclic) bond motifs is 1. The van der Waals surface area contributed by atoms with Crippen LogP contribution in [0.25, 0.3) is 5.65 Å². The second kappa shape index (κ2) is 5.08. The second-order valence-corrected chi connectivity index (χ2v) is 6.31. The minimum absolute atomic E-state index is 0.0388. The van der Waals surface area contributed by atoms with Crippen molar-refractivity contribution in [1.82, 2.24) is 19.9 Å². The summed E-state index contributed by atoms with van der Waals surface area (Å²) in [5, 5.41) is 16.0. The van der Waals surface area contributed by atoms with Crippen LogP contribution in [0.4, 0.5) is 0 Å². The summed E-state index contributed by atoms with van der Waals surface area (Å²) in [6, 6.07) is 3.31. The average Bonchev–Trinajstić information content (AvgIpc) is 2.93. The van der Waals surface area contributed by atoms with Crippen molar-refractivity contribution in [3.05, 3.63) is 30.2 Å². The molecular weight excluding hydrogens is 284 g/mol. The number of carbonyl (C=O) groups is 2. The van der Waals surface area contributed by atoms with E-state index in [1.54, 1.807) is 24.5 Å². The Morgan fingerprint density at radius 2 is 2.18 bits per heavy atom. The predicted octanol–water partition coefficient (Wildman–Crippen LogP) is 1.35. The molecule has 1 amide bonds. The molecule has 0 unspecified atom stereocenters. The molecule has 116 valence electrons. The molecule has 22 heavy (non-hydrogen) atoms. The van der Waals surface area contributed by atoms with Crippen molar-refractivity contribution in [3.8, 4) is 0 Å². The van der Waals surface area contributed by atoms with E-state index in [9.17, 15) is 9.59 Å². The highest BCUT2D eigenvalue weighted by atomic mass is 16.4. The highest BCUT2D eigenvalue weighted by molar-refractivity contribution is 5.93. The standard InChI is InChI=1S/C15H18N4O3/c1-15(2)9(8-13(20)21)7-11(15)18-14(22)10-3-5-16-12-4-6-17-19(10)12/h3-6,9,11H,7-8H2,1-2H3,(H,18,22)(H,20,21)/t9-,11-/m1/s1. The van der Waals surface area contributed by atoms with E-state index >= 15 is 0 Å². The summed E-state index contributed by atoms with van der Waals surface area (Å²) in [5.41, 5.74) is 0.807. The fraction of sp³-hybridized carbons (Fsp3) is 0.467. The molecule has 0 radical (unpaired) electrons. The zero-order valence-corrected chi connectivity index (χ0v) is 12.5. The third-order valence-electron chi connectivity index (χ3n) is 4.72. The summed E-state index contributed by atoms with van der Waals surface area (Å²) in [7, 11) is 0. The first kappa shape index (κ1) is 14.5. The van der Waals surface area contributed by atoms with Gasteiger partial charge in [-0.1, -0.05) is 13.8 Å². The number of amides is 1. The number of nitrogens with one attached hydrogen (secondary N) is 1. The van der Waals surface area contributed by atoms with E-state index in [0.717, 1.165) is 0 Å². The van der Waals surface area contributed by atoms with Gasteiger partial charge in [-0.2, -0.15) is 5.10 Å². The van der Waals surface area contributed by atoms with E-state index in [1.807, 2.05) is 13.8 Å². The molecule has 0 spiro atoms. The summed E-state index contributed by atoms with van der Waals surface area (Å²) in [6.07, 6.45) is 3.98. The molecule has 1 aliphatic carbocycles. The predicted molar refractivity (Wildman–Crippen MR) is 78.4 cm³/mol. The Balaban J connectivity index is 1.73. The number of rotatable bonds is 4.